The first-order chi connectivity index (χ1) is 14.0. The van der Waals surface area contributed by atoms with Crippen LogP contribution in [0.1, 0.15) is 31.8 Å². The van der Waals surface area contributed by atoms with Gasteiger partial charge < -0.3 is 5.32 Å². The highest BCUT2D eigenvalue weighted by atomic mass is 32.2. The molecule has 10 heteroatoms. The maximum atomic E-state index is 12.2. The third-order valence-corrected chi connectivity index (χ3v) is 6.18. The van der Waals surface area contributed by atoms with Crippen LogP contribution in [-0.4, -0.2) is 51.1 Å². The summed E-state index contributed by atoms with van der Waals surface area (Å²) in [6.45, 7) is 3.47. The molecule has 0 heterocycles. The van der Waals surface area contributed by atoms with Crippen molar-refractivity contribution in [3.8, 4) is 0 Å². The summed E-state index contributed by atoms with van der Waals surface area (Å²) in [5.41, 5.74) is 6.85. The number of carbonyl (C=O) groups is 3. The number of nitrogens with zero attached hydrogens (tertiary/aromatic N) is 1. The molecule has 0 bridgehead atoms. The first-order valence-corrected chi connectivity index (χ1v) is 10.4. The van der Waals surface area contributed by atoms with E-state index in [0.29, 0.717) is 5.56 Å². The van der Waals surface area contributed by atoms with Crippen LogP contribution in [0.5, 0.6) is 0 Å². The van der Waals surface area contributed by atoms with Crippen molar-refractivity contribution in [1.29, 1.82) is 0 Å². The van der Waals surface area contributed by atoms with Crippen LogP contribution in [0.2, 0.25) is 0 Å². The summed E-state index contributed by atoms with van der Waals surface area (Å²) in [5, 5.41) is 2.46. The number of rotatable bonds is 6. The van der Waals surface area contributed by atoms with Crippen LogP contribution in [0.3, 0.4) is 0 Å². The molecule has 160 valence electrons. The maximum Gasteiger partial charge on any atom is 0.269 e. The molecule has 3 amide bonds. The lowest BCUT2D eigenvalue weighted by Gasteiger charge is -2.12. The van der Waals surface area contributed by atoms with E-state index in [4.69, 9.17) is 0 Å². The minimum absolute atomic E-state index is 0.0490. The van der Waals surface area contributed by atoms with Crippen LogP contribution in [0, 0.1) is 13.8 Å². The smallest absolute Gasteiger partial charge is 0.269 e. The number of nitrogens with one attached hydrogen (secondary N) is 3. The van der Waals surface area contributed by atoms with E-state index in [1.54, 1.807) is 12.1 Å². The van der Waals surface area contributed by atoms with Gasteiger partial charge in [0.15, 0.2) is 0 Å². The van der Waals surface area contributed by atoms with Crippen molar-refractivity contribution in [1.82, 2.24) is 20.5 Å². The van der Waals surface area contributed by atoms with Gasteiger partial charge in [0.05, 0.1) is 11.4 Å². The molecule has 9 nitrogen and oxygen atoms in total. The van der Waals surface area contributed by atoms with Gasteiger partial charge in [0.25, 0.3) is 17.7 Å². The summed E-state index contributed by atoms with van der Waals surface area (Å²) >= 11 is 0. The van der Waals surface area contributed by atoms with Crippen LogP contribution in [0.4, 0.5) is 0 Å². The second kappa shape index (κ2) is 9.51. The third-order valence-electron chi connectivity index (χ3n) is 4.37. The molecule has 0 unspecified atom stereocenters. The Morgan fingerprint density at radius 1 is 0.867 bits per heavy atom. The van der Waals surface area contributed by atoms with Gasteiger partial charge in [0.2, 0.25) is 10.0 Å². The molecule has 2 aromatic rings. The van der Waals surface area contributed by atoms with Crippen LogP contribution in [0.15, 0.2) is 47.4 Å². The maximum absolute atomic E-state index is 12.2. The molecule has 2 aromatic carbocycles. The van der Waals surface area contributed by atoms with Crippen molar-refractivity contribution in [2.75, 3.05) is 20.6 Å². The number of carbonyl (C=O) groups excluding carboxylic acids is 3. The van der Waals surface area contributed by atoms with Gasteiger partial charge in [-0.2, -0.15) is 0 Å². The molecular weight excluding hydrogens is 408 g/mol. The van der Waals surface area contributed by atoms with E-state index >= 15 is 0 Å². The Morgan fingerprint density at radius 2 is 1.53 bits per heavy atom. The lowest BCUT2D eigenvalue weighted by molar-refractivity contribution is -0.120. The molecule has 0 fully saturated rings. The number of amides is 3. The Balaban J connectivity index is 1.91. The lowest BCUT2D eigenvalue weighted by atomic mass is 10.1. The quantitative estimate of drug-likeness (QED) is 0.581. The highest BCUT2D eigenvalue weighted by molar-refractivity contribution is 7.89. The van der Waals surface area contributed by atoms with Crippen molar-refractivity contribution in [2.45, 2.75) is 18.7 Å². The van der Waals surface area contributed by atoms with Crippen molar-refractivity contribution in [3.05, 3.63) is 64.7 Å². The van der Waals surface area contributed by atoms with Crippen LogP contribution < -0.4 is 16.2 Å². The standard InChI is InChI=1S/C20H24N4O5S/c1-13-8-9-16(10-14(13)2)19(26)21-12-18(25)22-23-20(27)15-6-5-7-17(11-15)30(28,29)24(3)4/h5-11H,12H2,1-4H3,(H,21,26)(H,22,25)(H,23,27). The van der Waals surface area contributed by atoms with Crippen molar-refractivity contribution >= 4 is 27.7 Å². The van der Waals surface area contributed by atoms with E-state index < -0.39 is 27.7 Å². The number of benzene rings is 2. The van der Waals surface area contributed by atoms with E-state index in [9.17, 15) is 22.8 Å². The predicted molar refractivity (Wildman–Crippen MR) is 111 cm³/mol. The van der Waals surface area contributed by atoms with Crippen LogP contribution in [0.25, 0.3) is 0 Å². The predicted octanol–water partition coefficient (Wildman–Crippen LogP) is 0.745. The van der Waals surface area contributed by atoms with E-state index in [1.165, 1.54) is 38.4 Å². The fraction of sp³-hybridized carbons (Fsp3) is 0.250. The Morgan fingerprint density at radius 3 is 2.17 bits per heavy atom. The molecule has 0 radical (unpaired) electrons. The van der Waals surface area contributed by atoms with E-state index in [-0.39, 0.29) is 17.0 Å². The van der Waals surface area contributed by atoms with Gasteiger partial charge in [0, 0.05) is 25.2 Å². The van der Waals surface area contributed by atoms with Crippen molar-refractivity contribution in [3.63, 3.8) is 0 Å². The molecule has 0 spiro atoms. The van der Waals surface area contributed by atoms with Crippen LogP contribution >= 0.6 is 0 Å². The molecule has 0 aliphatic carbocycles. The van der Waals surface area contributed by atoms with Gasteiger partial charge in [-0.15, -0.1) is 0 Å². The molecule has 30 heavy (non-hydrogen) atoms. The van der Waals surface area contributed by atoms with Crippen molar-refractivity contribution < 1.29 is 22.8 Å². The number of hydrogen-bond acceptors (Lipinski definition) is 5. The fourth-order valence-corrected chi connectivity index (χ4v) is 3.34. The fourth-order valence-electron chi connectivity index (χ4n) is 2.40. The molecule has 0 atom stereocenters. The summed E-state index contributed by atoms with van der Waals surface area (Å²) in [6, 6.07) is 10.6. The zero-order chi connectivity index (χ0) is 22.5. The molecular formula is C20H24N4O5S. The molecule has 0 saturated heterocycles. The van der Waals surface area contributed by atoms with Gasteiger partial charge in [0.1, 0.15) is 0 Å². The summed E-state index contributed by atoms with van der Waals surface area (Å²) in [6.07, 6.45) is 0. The van der Waals surface area contributed by atoms with E-state index in [0.717, 1.165) is 15.4 Å². The largest absolute Gasteiger partial charge is 0.343 e. The van der Waals surface area contributed by atoms with Gasteiger partial charge in [-0.25, -0.2) is 12.7 Å². The second-order valence-electron chi connectivity index (χ2n) is 6.80. The zero-order valence-electron chi connectivity index (χ0n) is 17.1. The Labute approximate surface area is 175 Å². The Bertz CT molecular complexity index is 1080. The Hall–Kier alpha value is -3.24. The van der Waals surface area contributed by atoms with E-state index in [2.05, 4.69) is 16.2 Å². The first kappa shape index (κ1) is 23.0. The van der Waals surface area contributed by atoms with Gasteiger partial charge in [-0.1, -0.05) is 12.1 Å². The average Bonchev–Trinajstić information content (AvgIpc) is 2.72. The molecule has 2 rings (SSSR count). The highest BCUT2D eigenvalue weighted by Crippen LogP contribution is 2.14. The monoisotopic (exact) mass is 432 g/mol. The molecule has 0 saturated carbocycles. The molecule has 0 aliphatic rings. The normalized spacial score (nSPS) is 11.1. The zero-order valence-corrected chi connectivity index (χ0v) is 18.0. The molecule has 3 N–H and O–H groups in total. The van der Waals surface area contributed by atoms with Crippen molar-refractivity contribution in [2.24, 2.45) is 0 Å². The van der Waals surface area contributed by atoms with Gasteiger partial charge in [-0.05, 0) is 55.3 Å². The second-order valence-corrected chi connectivity index (χ2v) is 8.95. The summed E-state index contributed by atoms with van der Waals surface area (Å²) in [5.74, 6) is -1.75. The first-order valence-electron chi connectivity index (χ1n) is 8.99. The number of hydrogen-bond donors (Lipinski definition) is 3. The topological polar surface area (TPSA) is 125 Å². The minimum Gasteiger partial charge on any atom is -0.343 e. The Kier molecular flexibility index (Phi) is 7.30. The summed E-state index contributed by atoms with van der Waals surface area (Å²) in [7, 11) is -0.929. The van der Waals surface area contributed by atoms with Gasteiger partial charge >= 0.3 is 0 Å². The molecule has 0 aromatic heterocycles. The SMILES string of the molecule is Cc1ccc(C(=O)NCC(=O)NNC(=O)c2cccc(S(=O)(=O)N(C)C)c2)cc1C. The van der Waals surface area contributed by atoms with Gasteiger partial charge in [-0.3, -0.25) is 25.2 Å². The highest BCUT2D eigenvalue weighted by Gasteiger charge is 2.19. The summed E-state index contributed by atoms with van der Waals surface area (Å²) in [4.78, 5) is 36.2. The molecule has 0 aliphatic heterocycles. The number of hydrazine groups is 1. The minimum atomic E-state index is -3.70. The average molecular weight is 433 g/mol. The summed E-state index contributed by atoms with van der Waals surface area (Å²) < 4.78 is 25.4. The third kappa shape index (κ3) is 5.65. The van der Waals surface area contributed by atoms with Crippen LogP contribution in [-0.2, 0) is 14.8 Å². The van der Waals surface area contributed by atoms with E-state index in [1.807, 2.05) is 19.9 Å². The number of aryl methyl sites for hydroxylation is 2. The lowest BCUT2D eigenvalue weighted by Crippen LogP contribution is -2.46. The number of sulfonamides is 1.